The summed E-state index contributed by atoms with van der Waals surface area (Å²) in [6.07, 6.45) is 9.53. The molecule has 1 aliphatic carbocycles. The second kappa shape index (κ2) is 7.04. The maximum atomic E-state index is 12.3. The molecule has 0 radical (unpaired) electrons. The molecule has 0 atom stereocenters. The molecule has 1 amide bonds. The first kappa shape index (κ1) is 17.0. The number of aromatic nitrogens is 3. The summed E-state index contributed by atoms with van der Waals surface area (Å²) in [5, 5.41) is 16.3. The zero-order valence-electron chi connectivity index (χ0n) is 15.0. The highest BCUT2D eigenvalue weighted by molar-refractivity contribution is 5.96. The average Bonchev–Trinajstić information content (AvgIpc) is 3.35. The third-order valence-corrected chi connectivity index (χ3v) is 4.63. The Labute approximate surface area is 157 Å². The molecule has 0 saturated heterocycles. The Kier molecular flexibility index (Phi) is 4.43. The smallest absolute Gasteiger partial charge is 0.251 e. The molecule has 27 heavy (non-hydrogen) atoms. The van der Waals surface area contributed by atoms with Crippen molar-refractivity contribution in [2.24, 2.45) is 0 Å². The summed E-state index contributed by atoms with van der Waals surface area (Å²) in [5.41, 5.74) is 5.29. The van der Waals surface area contributed by atoms with Crippen molar-refractivity contribution in [3.05, 3.63) is 65.7 Å². The van der Waals surface area contributed by atoms with Gasteiger partial charge >= 0.3 is 0 Å². The van der Waals surface area contributed by atoms with E-state index in [0.717, 1.165) is 40.8 Å². The summed E-state index contributed by atoms with van der Waals surface area (Å²) in [6, 6.07) is 10.1. The molecule has 0 spiro atoms. The van der Waals surface area contributed by atoms with E-state index in [1.165, 1.54) is 0 Å². The largest absolute Gasteiger partial charge is 0.349 e. The van der Waals surface area contributed by atoms with Gasteiger partial charge in [-0.1, -0.05) is 6.07 Å². The molecule has 2 heterocycles. The van der Waals surface area contributed by atoms with Gasteiger partial charge in [0.05, 0.1) is 30.6 Å². The van der Waals surface area contributed by atoms with Crippen molar-refractivity contribution in [2.45, 2.75) is 32.2 Å². The quantitative estimate of drug-likeness (QED) is 0.760. The number of hydrogen-bond acceptors (Lipinski definition) is 4. The number of aryl methyl sites for hydroxylation is 1. The summed E-state index contributed by atoms with van der Waals surface area (Å²) >= 11 is 0. The number of nitriles is 1. The highest BCUT2D eigenvalue weighted by atomic mass is 16.1. The van der Waals surface area contributed by atoms with Crippen LogP contribution >= 0.6 is 0 Å². The summed E-state index contributed by atoms with van der Waals surface area (Å²) < 4.78 is 1.74. The van der Waals surface area contributed by atoms with Gasteiger partial charge in [0.25, 0.3) is 5.91 Å². The molecule has 0 bridgehead atoms. The Morgan fingerprint density at radius 1 is 1.30 bits per heavy atom. The van der Waals surface area contributed by atoms with Crippen molar-refractivity contribution in [3.8, 4) is 22.9 Å². The van der Waals surface area contributed by atoms with E-state index in [1.807, 2.05) is 37.4 Å². The molecule has 134 valence electrons. The summed E-state index contributed by atoms with van der Waals surface area (Å²) in [6.45, 7) is 2.02. The first-order valence-electron chi connectivity index (χ1n) is 8.92. The van der Waals surface area contributed by atoms with Crippen LogP contribution in [0.2, 0.25) is 0 Å². The Bertz CT molecular complexity index is 1040. The third-order valence-electron chi connectivity index (χ3n) is 4.63. The van der Waals surface area contributed by atoms with Crippen molar-refractivity contribution in [1.82, 2.24) is 20.1 Å². The molecular weight excluding hydrogens is 338 g/mol. The zero-order valence-corrected chi connectivity index (χ0v) is 15.0. The summed E-state index contributed by atoms with van der Waals surface area (Å²) in [4.78, 5) is 16.5. The number of benzene rings is 1. The van der Waals surface area contributed by atoms with Gasteiger partial charge in [-0.3, -0.25) is 9.78 Å². The van der Waals surface area contributed by atoms with E-state index in [1.54, 1.807) is 23.3 Å². The third kappa shape index (κ3) is 3.72. The van der Waals surface area contributed by atoms with Crippen molar-refractivity contribution in [3.63, 3.8) is 0 Å². The van der Waals surface area contributed by atoms with E-state index in [-0.39, 0.29) is 5.91 Å². The van der Waals surface area contributed by atoms with Gasteiger partial charge in [0.1, 0.15) is 0 Å². The van der Waals surface area contributed by atoms with Gasteiger partial charge in [-0.15, -0.1) is 0 Å². The fourth-order valence-corrected chi connectivity index (χ4v) is 2.96. The Hall–Kier alpha value is -3.46. The van der Waals surface area contributed by atoms with Crippen molar-refractivity contribution >= 4 is 5.91 Å². The normalized spacial score (nSPS) is 13.2. The number of nitrogens with one attached hydrogen (secondary N) is 1. The van der Waals surface area contributed by atoms with Crippen LogP contribution in [0.5, 0.6) is 0 Å². The lowest BCUT2D eigenvalue weighted by Gasteiger charge is -2.08. The molecule has 1 N–H and O–H groups in total. The van der Waals surface area contributed by atoms with Crippen molar-refractivity contribution in [2.75, 3.05) is 0 Å². The molecule has 0 unspecified atom stereocenters. The van der Waals surface area contributed by atoms with E-state index in [4.69, 9.17) is 5.26 Å². The van der Waals surface area contributed by atoms with Gasteiger partial charge in [-0.2, -0.15) is 10.4 Å². The van der Waals surface area contributed by atoms with Gasteiger partial charge in [-0.05, 0) is 54.7 Å². The van der Waals surface area contributed by atoms with Gasteiger partial charge in [0, 0.05) is 29.6 Å². The molecular formula is C21H19N5O. The molecule has 1 saturated carbocycles. The van der Waals surface area contributed by atoms with Crippen molar-refractivity contribution in [1.29, 1.82) is 5.26 Å². The van der Waals surface area contributed by atoms with Crippen LogP contribution in [-0.4, -0.2) is 26.7 Å². The van der Waals surface area contributed by atoms with E-state index >= 15 is 0 Å². The van der Waals surface area contributed by atoms with Crippen LogP contribution in [0.25, 0.3) is 16.8 Å². The molecule has 6 heteroatoms. The van der Waals surface area contributed by atoms with Crippen LogP contribution < -0.4 is 5.32 Å². The maximum absolute atomic E-state index is 12.3. The lowest BCUT2D eigenvalue weighted by molar-refractivity contribution is 0.0951. The minimum Gasteiger partial charge on any atom is -0.349 e. The van der Waals surface area contributed by atoms with Crippen LogP contribution in [0, 0.1) is 18.3 Å². The molecule has 2 aromatic heterocycles. The minimum absolute atomic E-state index is 0.0282. The van der Waals surface area contributed by atoms with Gasteiger partial charge in [0.15, 0.2) is 0 Å². The Morgan fingerprint density at radius 2 is 2.15 bits per heavy atom. The fraction of sp³-hybridized carbons (Fsp3) is 0.238. The van der Waals surface area contributed by atoms with Crippen LogP contribution in [0.1, 0.15) is 34.3 Å². The second-order valence-corrected chi connectivity index (χ2v) is 6.84. The minimum atomic E-state index is -0.0282. The lowest BCUT2D eigenvalue weighted by atomic mass is 10.0. The monoisotopic (exact) mass is 357 g/mol. The number of hydrogen-bond donors (Lipinski definition) is 1. The first-order valence-corrected chi connectivity index (χ1v) is 8.92. The first-order chi connectivity index (χ1) is 13.1. The van der Waals surface area contributed by atoms with E-state index in [9.17, 15) is 4.79 Å². The molecule has 4 rings (SSSR count). The molecule has 0 aliphatic heterocycles. The molecule has 1 aromatic carbocycles. The number of carbonyl (C=O) groups is 1. The number of amides is 1. The molecule has 1 aliphatic rings. The standard InChI is InChI=1S/C21H19N5O/c1-14-2-3-16(21(27)25-18-4-5-18)9-20(14)17-11-24-26(13-17)19-8-15(6-7-22)10-23-12-19/h2-3,8-13,18H,4-6H2,1H3,(H,25,27). The molecule has 1 fully saturated rings. The van der Waals surface area contributed by atoms with E-state index in [2.05, 4.69) is 21.5 Å². The maximum Gasteiger partial charge on any atom is 0.251 e. The zero-order chi connectivity index (χ0) is 18.8. The average molecular weight is 357 g/mol. The molecule has 6 nitrogen and oxygen atoms in total. The Morgan fingerprint density at radius 3 is 2.93 bits per heavy atom. The predicted octanol–water partition coefficient (Wildman–Crippen LogP) is 3.20. The van der Waals surface area contributed by atoms with Crippen LogP contribution in [0.4, 0.5) is 0 Å². The highest BCUT2D eigenvalue weighted by Gasteiger charge is 2.24. The second-order valence-electron chi connectivity index (χ2n) is 6.84. The summed E-state index contributed by atoms with van der Waals surface area (Å²) in [7, 11) is 0. The number of nitrogens with zero attached hydrogens (tertiary/aromatic N) is 4. The van der Waals surface area contributed by atoms with E-state index < -0.39 is 0 Å². The van der Waals surface area contributed by atoms with Crippen LogP contribution in [0.15, 0.2) is 49.1 Å². The Balaban J connectivity index is 1.63. The number of carbonyl (C=O) groups excluding carboxylic acids is 1. The van der Waals surface area contributed by atoms with Gasteiger partial charge in [-0.25, -0.2) is 4.68 Å². The summed E-state index contributed by atoms with van der Waals surface area (Å²) in [5.74, 6) is -0.0282. The van der Waals surface area contributed by atoms with Gasteiger partial charge in [0.2, 0.25) is 0 Å². The number of rotatable bonds is 5. The SMILES string of the molecule is Cc1ccc(C(=O)NC2CC2)cc1-c1cnn(-c2cncc(CC#N)c2)c1. The van der Waals surface area contributed by atoms with Crippen LogP contribution in [0.3, 0.4) is 0 Å². The van der Waals surface area contributed by atoms with Crippen molar-refractivity contribution < 1.29 is 4.79 Å². The highest BCUT2D eigenvalue weighted by Crippen LogP contribution is 2.26. The topological polar surface area (TPSA) is 83.6 Å². The van der Waals surface area contributed by atoms with Crippen LogP contribution in [-0.2, 0) is 6.42 Å². The predicted molar refractivity (Wildman–Crippen MR) is 101 cm³/mol. The van der Waals surface area contributed by atoms with E-state index in [0.29, 0.717) is 18.0 Å². The van der Waals surface area contributed by atoms with Gasteiger partial charge < -0.3 is 5.32 Å². The fourth-order valence-electron chi connectivity index (χ4n) is 2.96. The molecule has 3 aromatic rings. The lowest BCUT2D eigenvalue weighted by Crippen LogP contribution is -2.25. The number of pyridine rings is 1.